The predicted molar refractivity (Wildman–Crippen MR) is 122 cm³/mol. The van der Waals surface area contributed by atoms with Gasteiger partial charge in [-0.15, -0.1) is 0 Å². The van der Waals surface area contributed by atoms with Gasteiger partial charge in [0.2, 0.25) is 0 Å². The molecule has 0 fully saturated rings. The molecule has 3 aromatic rings. The minimum absolute atomic E-state index is 0.0499. The van der Waals surface area contributed by atoms with E-state index >= 15 is 0 Å². The molecular formula is C25H24FN3O4. The molecule has 0 aliphatic carbocycles. The third-order valence-electron chi connectivity index (χ3n) is 4.49. The normalized spacial score (nSPS) is 10.6. The molecule has 0 aliphatic heterocycles. The molecule has 0 saturated carbocycles. The number of hydrogen-bond acceptors (Lipinski definition) is 5. The Morgan fingerprint density at radius 1 is 0.939 bits per heavy atom. The lowest BCUT2D eigenvalue weighted by Crippen LogP contribution is -2.37. The molecule has 33 heavy (non-hydrogen) atoms. The molecule has 2 amide bonds. The van der Waals surface area contributed by atoms with E-state index in [9.17, 15) is 14.0 Å². The molecule has 3 rings (SSSR count). The number of carbonyl (C=O) groups excluding carboxylic acids is 2. The second-order valence-corrected chi connectivity index (χ2v) is 6.89. The first kappa shape index (κ1) is 23.5. The van der Waals surface area contributed by atoms with Gasteiger partial charge in [0.05, 0.1) is 12.8 Å². The molecule has 2 N–H and O–H groups in total. The van der Waals surface area contributed by atoms with E-state index in [1.165, 1.54) is 12.3 Å². The van der Waals surface area contributed by atoms with Crippen molar-refractivity contribution in [1.29, 1.82) is 0 Å². The highest BCUT2D eigenvalue weighted by molar-refractivity contribution is 6.35. The molecule has 0 bridgehead atoms. The Morgan fingerprint density at radius 2 is 1.70 bits per heavy atom. The van der Waals surface area contributed by atoms with E-state index in [0.717, 1.165) is 5.56 Å². The second kappa shape index (κ2) is 12.0. The predicted octanol–water partition coefficient (Wildman–Crippen LogP) is 3.57. The minimum Gasteiger partial charge on any atom is -0.490 e. The monoisotopic (exact) mass is 449 g/mol. The Hall–Kier alpha value is -4.20. The van der Waals surface area contributed by atoms with Gasteiger partial charge in [-0.2, -0.15) is 5.10 Å². The lowest BCUT2D eigenvalue weighted by atomic mass is 10.2. The fourth-order valence-corrected chi connectivity index (χ4v) is 2.84. The van der Waals surface area contributed by atoms with Gasteiger partial charge >= 0.3 is 11.8 Å². The van der Waals surface area contributed by atoms with Crippen LogP contribution in [-0.2, 0) is 22.7 Å². The van der Waals surface area contributed by atoms with E-state index in [0.29, 0.717) is 29.2 Å². The summed E-state index contributed by atoms with van der Waals surface area (Å²) in [6.07, 6.45) is 1.38. The molecular weight excluding hydrogens is 425 g/mol. The average Bonchev–Trinajstić information content (AvgIpc) is 2.83. The zero-order valence-corrected chi connectivity index (χ0v) is 18.1. The van der Waals surface area contributed by atoms with Crippen LogP contribution < -0.4 is 20.2 Å². The van der Waals surface area contributed by atoms with Crippen LogP contribution in [0.2, 0.25) is 0 Å². The maximum absolute atomic E-state index is 13.8. The number of carbonyl (C=O) groups is 2. The standard InChI is InChI=1S/C25H24FN3O4/c1-2-32-23-14-19(12-13-22(23)33-17-20-10-6-7-11-21(20)26)16-28-29-25(31)24(30)27-15-18-8-4-3-5-9-18/h3-14,16H,2,15,17H2,1H3,(H,27,30)(H,29,31)/b28-16+. The summed E-state index contributed by atoms with van der Waals surface area (Å²) in [5, 5.41) is 6.35. The summed E-state index contributed by atoms with van der Waals surface area (Å²) in [6, 6.07) is 20.7. The van der Waals surface area contributed by atoms with Crippen LogP contribution in [0.1, 0.15) is 23.6 Å². The van der Waals surface area contributed by atoms with Gasteiger partial charge in [0.1, 0.15) is 12.4 Å². The number of rotatable bonds is 9. The lowest BCUT2D eigenvalue weighted by Gasteiger charge is -2.13. The number of halogens is 1. The molecule has 0 aliphatic rings. The van der Waals surface area contributed by atoms with Gasteiger partial charge in [0.25, 0.3) is 0 Å². The van der Waals surface area contributed by atoms with Crippen molar-refractivity contribution in [2.45, 2.75) is 20.1 Å². The number of amides is 2. The molecule has 8 heteroatoms. The molecule has 0 unspecified atom stereocenters. The summed E-state index contributed by atoms with van der Waals surface area (Å²) in [7, 11) is 0. The Kier molecular flexibility index (Phi) is 8.53. The van der Waals surface area contributed by atoms with Crippen molar-refractivity contribution in [1.82, 2.24) is 10.7 Å². The van der Waals surface area contributed by atoms with Gasteiger partial charge in [0, 0.05) is 12.1 Å². The molecule has 7 nitrogen and oxygen atoms in total. The van der Waals surface area contributed by atoms with Crippen LogP contribution in [-0.4, -0.2) is 24.6 Å². The van der Waals surface area contributed by atoms with Crippen molar-refractivity contribution < 1.29 is 23.5 Å². The van der Waals surface area contributed by atoms with Crippen LogP contribution in [0.25, 0.3) is 0 Å². The van der Waals surface area contributed by atoms with E-state index in [1.807, 2.05) is 37.3 Å². The molecule has 0 saturated heterocycles. The third kappa shape index (κ3) is 7.17. The van der Waals surface area contributed by atoms with Crippen LogP contribution in [0, 0.1) is 5.82 Å². The Balaban J connectivity index is 1.56. The maximum atomic E-state index is 13.8. The van der Waals surface area contributed by atoms with E-state index < -0.39 is 11.8 Å². The smallest absolute Gasteiger partial charge is 0.329 e. The van der Waals surface area contributed by atoms with Gasteiger partial charge in [-0.25, -0.2) is 9.82 Å². The van der Waals surface area contributed by atoms with E-state index in [1.54, 1.807) is 36.4 Å². The van der Waals surface area contributed by atoms with E-state index in [2.05, 4.69) is 15.8 Å². The van der Waals surface area contributed by atoms with Crippen LogP contribution in [0.5, 0.6) is 11.5 Å². The van der Waals surface area contributed by atoms with Gasteiger partial charge < -0.3 is 14.8 Å². The van der Waals surface area contributed by atoms with Gasteiger partial charge in [-0.05, 0) is 42.3 Å². The van der Waals surface area contributed by atoms with Gasteiger partial charge in [0.15, 0.2) is 11.5 Å². The highest BCUT2D eigenvalue weighted by Gasteiger charge is 2.12. The van der Waals surface area contributed by atoms with Gasteiger partial charge in [-0.1, -0.05) is 48.5 Å². The summed E-state index contributed by atoms with van der Waals surface area (Å²) in [5.74, 6) is -1.12. The first-order valence-corrected chi connectivity index (χ1v) is 10.3. The number of ether oxygens (including phenoxy) is 2. The summed E-state index contributed by atoms with van der Waals surface area (Å²) >= 11 is 0. The molecule has 0 radical (unpaired) electrons. The van der Waals surface area contributed by atoms with Gasteiger partial charge in [-0.3, -0.25) is 9.59 Å². The van der Waals surface area contributed by atoms with Crippen molar-refractivity contribution in [2.24, 2.45) is 5.10 Å². The topological polar surface area (TPSA) is 89.0 Å². The lowest BCUT2D eigenvalue weighted by molar-refractivity contribution is -0.139. The fraction of sp³-hybridized carbons (Fsp3) is 0.160. The molecule has 0 heterocycles. The van der Waals surface area contributed by atoms with E-state index in [4.69, 9.17) is 9.47 Å². The van der Waals surface area contributed by atoms with Crippen LogP contribution >= 0.6 is 0 Å². The number of hydrogen-bond donors (Lipinski definition) is 2. The van der Waals surface area contributed by atoms with Crippen LogP contribution in [0.15, 0.2) is 77.9 Å². The zero-order chi connectivity index (χ0) is 23.5. The summed E-state index contributed by atoms with van der Waals surface area (Å²) < 4.78 is 25.1. The number of benzene rings is 3. The fourth-order valence-electron chi connectivity index (χ4n) is 2.84. The number of hydrazone groups is 1. The quantitative estimate of drug-likeness (QED) is 0.297. The molecule has 0 aromatic heterocycles. The van der Waals surface area contributed by atoms with Crippen molar-refractivity contribution >= 4 is 18.0 Å². The molecule has 3 aromatic carbocycles. The van der Waals surface area contributed by atoms with Crippen molar-refractivity contribution in [3.63, 3.8) is 0 Å². The highest BCUT2D eigenvalue weighted by atomic mass is 19.1. The number of nitrogens with zero attached hydrogens (tertiary/aromatic N) is 1. The first-order valence-electron chi connectivity index (χ1n) is 10.3. The number of nitrogens with one attached hydrogen (secondary N) is 2. The molecule has 170 valence electrons. The SMILES string of the molecule is CCOc1cc(/C=N/NC(=O)C(=O)NCc2ccccc2)ccc1OCc1ccccc1F. The minimum atomic E-state index is -0.878. The van der Waals surface area contributed by atoms with E-state index in [-0.39, 0.29) is 19.0 Å². The summed E-state index contributed by atoms with van der Waals surface area (Å²) in [6.45, 7) is 2.52. The molecule has 0 atom stereocenters. The second-order valence-electron chi connectivity index (χ2n) is 6.89. The van der Waals surface area contributed by atoms with Crippen LogP contribution in [0.3, 0.4) is 0 Å². The summed E-state index contributed by atoms with van der Waals surface area (Å²) in [5.41, 5.74) is 4.11. The van der Waals surface area contributed by atoms with Crippen molar-refractivity contribution in [2.75, 3.05) is 6.61 Å². The third-order valence-corrected chi connectivity index (χ3v) is 4.49. The highest BCUT2D eigenvalue weighted by Crippen LogP contribution is 2.29. The Morgan fingerprint density at radius 3 is 2.45 bits per heavy atom. The molecule has 0 spiro atoms. The first-order chi connectivity index (χ1) is 16.1. The Bertz CT molecular complexity index is 1120. The Labute approximate surface area is 191 Å². The van der Waals surface area contributed by atoms with Crippen LogP contribution in [0.4, 0.5) is 4.39 Å². The van der Waals surface area contributed by atoms with Crippen molar-refractivity contribution in [3.8, 4) is 11.5 Å². The summed E-state index contributed by atoms with van der Waals surface area (Å²) in [4.78, 5) is 23.8. The maximum Gasteiger partial charge on any atom is 0.329 e. The van der Waals surface area contributed by atoms with Crippen molar-refractivity contribution in [3.05, 3.63) is 95.3 Å². The zero-order valence-electron chi connectivity index (χ0n) is 18.1. The average molecular weight is 449 g/mol. The largest absolute Gasteiger partial charge is 0.490 e.